The minimum Gasteiger partial charge on any atom is -0.309 e. The van der Waals surface area contributed by atoms with E-state index in [2.05, 4.69) is 180 Å². The van der Waals surface area contributed by atoms with E-state index in [1.54, 1.807) is 0 Å². The van der Waals surface area contributed by atoms with Gasteiger partial charge in [-0.05, 0) is 88.4 Å². The molecule has 0 spiro atoms. The van der Waals surface area contributed by atoms with Crippen molar-refractivity contribution in [2.24, 2.45) is 0 Å². The summed E-state index contributed by atoms with van der Waals surface area (Å²) in [4.78, 5) is 4.74. The van der Waals surface area contributed by atoms with Crippen molar-refractivity contribution >= 4 is 46.7 Å². The number of allylic oxidation sites excluding steroid dienone is 6. The number of rotatable bonds is 3. The first-order valence-electron chi connectivity index (χ1n) is 15.8. The highest BCUT2D eigenvalue weighted by Gasteiger charge is 2.21. The summed E-state index contributed by atoms with van der Waals surface area (Å²) in [5.41, 5.74) is 14.3. The van der Waals surface area contributed by atoms with Gasteiger partial charge in [-0.3, -0.25) is 0 Å². The van der Waals surface area contributed by atoms with Crippen molar-refractivity contribution in [3.05, 3.63) is 180 Å². The van der Waals surface area contributed by atoms with Gasteiger partial charge in [-0.1, -0.05) is 135 Å². The van der Waals surface area contributed by atoms with E-state index in [0.29, 0.717) is 0 Å². The van der Waals surface area contributed by atoms with E-state index in [1.807, 2.05) is 13.8 Å². The first-order chi connectivity index (χ1) is 22.3. The average molecular weight is 581 g/mol. The molecule has 0 amide bonds. The van der Waals surface area contributed by atoms with Crippen LogP contribution in [0.1, 0.15) is 37.0 Å². The normalized spacial score (nSPS) is 14.3. The van der Waals surface area contributed by atoms with Crippen LogP contribution in [0.2, 0.25) is 0 Å². The molecule has 2 nitrogen and oxygen atoms in total. The smallest absolute Gasteiger partial charge is 0.0534 e. The Hall–Kier alpha value is -5.60. The Labute approximate surface area is 266 Å². The molecule has 0 aromatic heterocycles. The molecule has 45 heavy (non-hydrogen) atoms. The number of nitrogens with zero attached hydrogens (tertiary/aromatic N) is 2. The SMILES string of the molecule is C1=CC2=C(C=CC1)N(c1ccc(-c3ccc(N4c5ccccc5C=Cc5ccccc54)cc3)cc1)c1ccccc1C=C2.CC. The van der Waals surface area contributed by atoms with E-state index in [-0.39, 0.29) is 0 Å². The lowest BCUT2D eigenvalue weighted by Crippen LogP contribution is -2.16. The van der Waals surface area contributed by atoms with Crippen LogP contribution in [0.4, 0.5) is 28.4 Å². The van der Waals surface area contributed by atoms with Crippen LogP contribution in [-0.2, 0) is 0 Å². The zero-order valence-electron chi connectivity index (χ0n) is 25.8. The Balaban J connectivity index is 0.00000160. The van der Waals surface area contributed by atoms with Gasteiger partial charge in [-0.25, -0.2) is 0 Å². The fourth-order valence-electron chi connectivity index (χ4n) is 6.26. The molecule has 8 rings (SSSR count). The van der Waals surface area contributed by atoms with Crippen LogP contribution >= 0.6 is 0 Å². The number of fused-ring (bicyclic) bond motifs is 3. The van der Waals surface area contributed by atoms with Crippen LogP contribution in [0.25, 0.3) is 29.4 Å². The van der Waals surface area contributed by atoms with Gasteiger partial charge in [0.1, 0.15) is 0 Å². The summed E-state index contributed by atoms with van der Waals surface area (Å²) in [5, 5.41) is 0. The Morgan fingerprint density at radius 2 is 0.822 bits per heavy atom. The molecule has 0 saturated heterocycles. The first kappa shape index (κ1) is 28.2. The van der Waals surface area contributed by atoms with Crippen LogP contribution in [0, 0.1) is 0 Å². The van der Waals surface area contributed by atoms with Crippen molar-refractivity contribution in [2.75, 3.05) is 9.80 Å². The van der Waals surface area contributed by atoms with Crippen LogP contribution in [0.15, 0.2) is 163 Å². The third-order valence-corrected chi connectivity index (χ3v) is 8.38. The van der Waals surface area contributed by atoms with Gasteiger partial charge >= 0.3 is 0 Å². The summed E-state index contributed by atoms with van der Waals surface area (Å²) in [7, 11) is 0. The third-order valence-electron chi connectivity index (χ3n) is 8.38. The van der Waals surface area contributed by atoms with Crippen molar-refractivity contribution in [3.63, 3.8) is 0 Å². The van der Waals surface area contributed by atoms with Gasteiger partial charge in [-0.15, -0.1) is 0 Å². The minimum absolute atomic E-state index is 0.941. The maximum Gasteiger partial charge on any atom is 0.0534 e. The van der Waals surface area contributed by atoms with Crippen molar-refractivity contribution in [3.8, 4) is 11.1 Å². The minimum atomic E-state index is 0.941. The average Bonchev–Trinajstić information content (AvgIpc) is 3.51. The standard InChI is InChI=1S/C41H30N2.C2H6/c1-2-10-32-18-19-33-11-4-7-15-39(33)42(38(32)14-3-1)36-26-22-30(23-27-36)31-24-28-37(29-25-31)43-40-16-8-5-12-34(40)20-21-35-13-6-9-17-41(35)43;1-2/h2-29H,1H2;1-2H3. The van der Waals surface area contributed by atoms with Gasteiger partial charge in [0.05, 0.1) is 22.8 Å². The van der Waals surface area contributed by atoms with E-state index >= 15 is 0 Å². The molecule has 0 atom stereocenters. The van der Waals surface area contributed by atoms with Gasteiger partial charge in [0.15, 0.2) is 0 Å². The molecular formula is C43H36N2. The second kappa shape index (κ2) is 12.6. The molecule has 5 aromatic carbocycles. The molecular weight excluding hydrogens is 544 g/mol. The molecule has 2 heterocycles. The van der Waals surface area contributed by atoms with Gasteiger partial charge < -0.3 is 9.80 Å². The highest BCUT2D eigenvalue weighted by atomic mass is 15.2. The Morgan fingerprint density at radius 3 is 1.36 bits per heavy atom. The number of hydrogen-bond acceptors (Lipinski definition) is 2. The highest BCUT2D eigenvalue weighted by Crippen LogP contribution is 2.43. The quantitative estimate of drug-likeness (QED) is 0.205. The maximum absolute atomic E-state index is 2.38. The number of benzene rings is 5. The Kier molecular flexibility index (Phi) is 7.87. The molecule has 2 aliphatic heterocycles. The van der Waals surface area contributed by atoms with Gasteiger partial charge in [0, 0.05) is 11.4 Å². The fourth-order valence-corrected chi connectivity index (χ4v) is 6.26. The van der Waals surface area contributed by atoms with E-state index in [4.69, 9.17) is 0 Å². The predicted molar refractivity (Wildman–Crippen MR) is 194 cm³/mol. The van der Waals surface area contributed by atoms with Gasteiger partial charge in [0.2, 0.25) is 0 Å². The van der Waals surface area contributed by atoms with Crippen LogP contribution in [0.5, 0.6) is 0 Å². The molecule has 5 aromatic rings. The number of para-hydroxylation sites is 3. The van der Waals surface area contributed by atoms with E-state index in [9.17, 15) is 0 Å². The predicted octanol–water partition coefficient (Wildman–Crippen LogP) is 12.3. The third kappa shape index (κ3) is 5.36. The van der Waals surface area contributed by atoms with Crippen molar-refractivity contribution in [2.45, 2.75) is 20.3 Å². The zero-order chi connectivity index (χ0) is 30.6. The second-order valence-electron chi connectivity index (χ2n) is 11.0. The van der Waals surface area contributed by atoms with E-state index in [1.165, 1.54) is 56.1 Å². The molecule has 0 saturated carbocycles. The molecule has 0 radical (unpaired) electrons. The summed E-state index contributed by atoms with van der Waals surface area (Å²) in [6, 6.07) is 43.7. The number of anilines is 5. The van der Waals surface area contributed by atoms with Crippen molar-refractivity contribution in [1.82, 2.24) is 0 Å². The highest BCUT2D eigenvalue weighted by molar-refractivity contribution is 5.93. The van der Waals surface area contributed by atoms with Crippen molar-refractivity contribution in [1.29, 1.82) is 0 Å². The van der Waals surface area contributed by atoms with E-state index < -0.39 is 0 Å². The number of hydrogen-bond donors (Lipinski definition) is 0. The molecule has 218 valence electrons. The molecule has 3 aliphatic rings. The molecule has 0 N–H and O–H groups in total. The lowest BCUT2D eigenvalue weighted by atomic mass is 10.0. The summed E-state index contributed by atoms with van der Waals surface area (Å²) < 4.78 is 0. The largest absolute Gasteiger partial charge is 0.309 e. The molecule has 0 bridgehead atoms. The zero-order valence-corrected chi connectivity index (χ0v) is 25.8. The van der Waals surface area contributed by atoms with Crippen LogP contribution in [0.3, 0.4) is 0 Å². The lowest BCUT2D eigenvalue weighted by molar-refractivity contribution is 1.19. The van der Waals surface area contributed by atoms with Crippen molar-refractivity contribution < 1.29 is 0 Å². The summed E-state index contributed by atoms with van der Waals surface area (Å²) in [5.74, 6) is 0. The fraction of sp³-hybridized carbons (Fsp3) is 0.0698. The second-order valence-corrected chi connectivity index (χ2v) is 11.0. The van der Waals surface area contributed by atoms with Gasteiger partial charge in [-0.2, -0.15) is 0 Å². The maximum atomic E-state index is 2.38. The summed E-state index contributed by atoms with van der Waals surface area (Å²) >= 11 is 0. The van der Waals surface area contributed by atoms with E-state index in [0.717, 1.165) is 17.8 Å². The van der Waals surface area contributed by atoms with Crippen LogP contribution < -0.4 is 9.80 Å². The first-order valence-corrected chi connectivity index (χ1v) is 15.8. The Morgan fingerprint density at radius 1 is 0.400 bits per heavy atom. The molecule has 2 heteroatoms. The molecule has 1 aliphatic carbocycles. The summed E-state index contributed by atoms with van der Waals surface area (Å²) in [6.07, 6.45) is 18.8. The van der Waals surface area contributed by atoms with Crippen LogP contribution in [-0.4, -0.2) is 0 Å². The Bertz CT molecular complexity index is 1940. The van der Waals surface area contributed by atoms with Gasteiger partial charge in [0.25, 0.3) is 0 Å². The molecule has 0 unspecified atom stereocenters. The lowest BCUT2D eigenvalue weighted by Gasteiger charge is -2.28. The monoisotopic (exact) mass is 580 g/mol. The topological polar surface area (TPSA) is 6.48 Å². The summed E-state index contributed by atoms with van der Waals surface area (Å²) in [6.45, 7) is 4.00. The molecule has 0 fully saturated rings.